The molecule has 1 heterocycles. The van der Waals surface area contributed by atoms with E-state index in [0.29, 0.717) is 11.7 Å². The van der Waals surface area contributed by atoms with Crippen LogP contribution in [0.5, 0.6) is 0 Å². The Hall–Kier alpha value is -1.65. The van der Waals surface area contributed by atoms with Crippen LogP contribution < -0.4 is 4.90 Å². The molecule has 17 heavy (non-hydrogen) atoms. The van der Waals surface area contributed by atoms with E-state index < -0.39 is 5.97 Å². The lowest BCUT2D eigenvalue weighted by molar-refractivity contribution is 0.0593. The molecule has 0 aliphatic heterocycles. The second kappa shape index (κ2) is 6.18. The number of aromatic nitrogens is 2. The first kappa shape index (κ1) is 13.4. The van der Waals surface area contributed by atoms with E-state index in [2.05, 4.69) is 28.6 Å². The van der Waals surface area contributed by atoms with Gasteiger partial charge in [0.05, 0.1) is 19.5 Å². The van der Waals surface area contributed by atoms with Gasteiger partial charge in [-0.15, -0.1) is 0 Å². The largest absolute Gasteiger partial charge is 0.464 e. The molecule has 0 amide bonds. The smallest absolute Gasteiger partial charge is 0.358 e. The Bertz CT molecular complexity index is 382. The van der Waals surface area contributed by atoms with Gasteiger partial charge < -0.3 is 9.64 Å². The van der Waals surface area contributed by atoms with Crippen LogP contribution in [0.4, 0.5) is 5.82 Å². The predicted octanol–water partition coefficient (Wildman–Crippen LogP) is 1.75. The zero-order valence-corrected chi connectivity index (χ0v) is 10.8. The molecule has 0 radical (unpaired) electrons. The summed E-state index contributed by atoms with van der Waals surface area (Å²) in [6.07, 6.45) is 4.16. The Morgan fingerprint density at radius 1 is 1.53 bits per heavy atom. The van der Waals surface area contributed by atoms with Crippen LogP contribution >= 0.6 is 0 Å². The summed E-state index contributed by atoms with van der Waals surface area (Å²) in [6, 6.07) is 0. The number of nitrogens with zero attached hydrogens (tertiary/aromatic N) is 3. The van der Waals surface area contributed by atoms with Gasteiger partial charge in [-0.25, -0.2) is 9.78 Å². The Balaban J connectivity index is 2.80. The molecular weight excluding hydrogens is 218 g/mol. The van der Waals surface area contributed by atoms with Crippen molar-refractivity contribution in [1.82, 2.24) is 9.97 Å². The van der Waals surface area contributed by atoms with Crippen molar-refractivity contribution in [2.24, 2.45) is 5.92 Å². The number of methoxy groups -OCH3 is 1. The van der Waals surface area contributed by atoms with Gasteiger partial charge in [0.1, 0.15) is 5.82 Å². The number of ether oxygens (including phenoxy) is 1. The SMILES string of the molecule is CCC(C)CN(C)c1cncc(C(=O)OC)n1. The van der Waals surface area contributed by atoms with Crippen LogP contribution in [0.25, 0.3) is 0 Å². The lowest BCUT2D eigenvalue weighted by Gasteiger charge is -2.21. The highest BCUT2D eigenvalue weighted by atomic mass is 16.5. The van der Waals surface area contributed by atoms with Crippen molar-refractivity contribution >= 4 is 11.8 Å². The maximum absolute atomic E-state index is 11.3. The molecule has 5 nitrogen and oxygen atoms in total. The molecule has 0 aliphatic carbocycles. The molecule has 5 heteroatoms. The number of carbonyl (C=O) groups excluding carboxylic acids is 1. The molecule has 0 fully saturated rings. The number of hydrogen-bond acceptors (Lipinski definition) is 5. The molecule has 0 N–H and O–H groups in total. The second-order valence-electron chi connectivity index (χ2n) is 4.15. The van der Waals surface area contributed by atoms with Crippen molar-refractivity contribution in [2.45, 2.75) is 20.3 Å². The molecule has 94 valence electrons. The van der Waals surface area contributed by atoms with Crippen LogP contribution in [0.2, 0.25) is 0 Å². The fraction of sp³-hybridized carbons (Fsp3) is 0.583. The molecule has 1 rings (SSSR count). The van der Waals surface area contributed by atoms with E-state index in [1.165, 1.54) is 13.3 Å². The van der Waals surface area contributed by atoms with Gasteiger partial charge in [-0.05, 0) is 5.92 Å². The summed E-state index contributed by atoms with van der Waals surface area (Å²) in [6.45, 7) is 5.21. The first-order valence-electron chi connectivity index (χ1n) is 5.70. The van der Waals surface area contributed by atoms with Crippen molar-refractivity contribution in [3.8, 4) is 0 Å². The topological polar surface area (TPSA) is 55.3 Å². The first-order valence-corrected chi connectivity index (χ1v) is 5.70. The summed E-state index contributed by atoms with van der Waals surface area (Å²) < 4.78 is 4.61. The van der Waals surface area contributed by atoms with Crippen molar-refractivity contribution < 1.29 is 9.53 Å². The summed E-state index contributed by atoms with van der Waals surface area (Å²) in [7, 11) is 3.27. The first-order chi connectivity index (χ1) is 8.08. The number of anilines is 1. The van der Waals surface area contributed by atoms with Gasteiger partial charge in [0.25, 0.3) is 0 Å². The van der Waals surface area contributed by atoms with Crippen molar-refractivity contribution in [3.63, 3.8) is 0 Å². The van der Waals surface area contributed by atoms with Gasteiger partial charge in [0.2, 0.25) is 0 Å². The third-order valence-electron chi connectivity index (χ3n) is 2.69. The van der Waals surface area contributed by atoms with Gasteiger partial charge in [-0.3, -0.25) is 4.98 Å². The maximum atomic E-state index is 11.3. The highest BCUT2D eigenvalue weighted by molar-refractivity contribution is 5.87. The molecule has 0 saturated carbocycles. The average Bonchev–Trinajstić information content (AvgIpc) is 2.37. The van der Waals surface area contributed by atoms with Crippen molar-refractivity contribution in [1.29, 1.82) is 0 Å². The maximum Gasteiger partial charge on any atom is 0.358 e. The quantitative estimate of drug-likeness (QED) is 0.730. The van der Waals surface area contributed by atoms with E-state index >= 15 is 0 Å². The number of rotatable bonds is 5. The fourth-order valence-electron chi connectivity index (χ4n) is 1.43. The van der Waals surface area contributed by atoms with Gasteiger partial charge in [-0.2, -0.15) is 0 Å². The summed E-state index contributed by atoms with van der Waals surface area (Å²) in [5.74, 6) is 0.799. The van der Waals surface area contributed by atoms with Crippen molar-refractivity contribution in [2.75, 3.05) is 25.6 Å². The Morgan fingerprint density at radius 2 is 2.24 bits per heavy atom. The van der Waals surface area contributed by atoms with Crippen LogP contribution in [0, 0.1) is 5.92 Å². The van der Waals surface area contributed by atoms with E-state index in [4.69, 9.17) is 0 Å². The lowest BCUT2D eigenvalue weighted by atomic mass is 10.1. The molecule has 0 aliphatic rings. The Labute approximate surface area is 102 Å². The summed E-state index contributed by atoms with van der Waals surface area (Å²) in [5, 5.41) is 0. The Morgan fingerprint density at radius 3 is 2.82 bits per heavy atom. The second-order valence-corrected chi connectivity index (χ2v) is 4.15. The molecule has 1 unspecified atom stereocenters. The van der Waals surface area contributed by atoms with Gasteiger partial charge in [0.15, 0.2) is 5.69 Å². The molecular formula is C12H19N3O2. The van der Waals surface area contributed by atoms with Crippen LogP contribution in [-0.4, -0.2) is 36.6 Å². The van der Waals surface area contributed by atoms with Crippen LogP contribution in [-0.2, 0) is 4.74 Å². The van der Waals surface area contributed by atoms with Gasteiger partial charge >= 0.3 is 5.97 Å². The summed E-state index contributed by atoms with van der Waals surface area (Å²) in [5.41, 5.74) is 0.237. The van der Waals surface area contributed by atoms with Crippen molar-refractivity contribution in [3.05, 3.63) is 18.1 Å². The molecule has 1 atom stereocenters. The number of carbonyl (C=O) groups is 1. The third-order valence-corrected chi connectivity index (χ3v) is 2.69. The van der Waals surface area contributed by atoms with Crippen LogP contribution in [0.3, 0.4) is 0 Å². The molecule has 0 aromatic carbocycles. The minimum Gasteiger partial charge on any atom is -0.464 e. The highest BCUT2D eigenvalue weighted by Crippen LogP contribution is 2.11. The monoisotopic (exact) mass is 237 g/mol. The van der Waals surface area contributed by atoms with E-state index in [0.717, 1.165) is 13.0 Å². The summed E-state index contributed by atoms with van der Waals surface area (Å²) in [4.78, 5) is 21.5. The molecule has 0 spiro atoms. The summed E-state index contributed by atoms with van der Waals surface area (Å²) >= 11 is 0. The highest BCUT2D eigenvalue weighted by Gasteiger charge is 2.12. The molecule has 1 aromatic heterocycles. The third kappa shape index (κ3) is 3.69. The molecule has 1 aromatic rings. The lowest BCUT2D eigenvalue weighted by Crippen LogP contribution is -2.25. The predicted molar refractivity (Wildman–Crippen MR) is 66.1 cm³/mol. The van der Waals surface area contributed by atoms with E-state index in [9.17, 15) is 4.79 Å². The zero-order chi connectivity index (χ0) is 12.8. The molecule has 0 bridgehead atoms. The van der Waals surface area contributed by atoms with Gasteiger partial charge in [-0.1, -0.05) is 20.3 Å². The molecule has 0 saturated heterocycles. The Kier molecular flexibility index (Phi) is 4.87. The number of esters is 1. The minimum atomic E-state index is -0.462. The van der Waals surface area contributed by atoms with Gasteiger partial charge in [0, 0.05) is 13.6 Å². The zero-order valence-electron chi connectivity index (χ0n) is 10.8. The van der Waals surface area contributed by atoms with E-state index in [1.54, 1.807) is 6.20 Å². The number of hydrogen-bond donors (Lipinski definition) is 0. The average molecular weight is 237 g/mol. The van der Waals surface area contributed by atoms with Crippen LogP contribution in [0.1, 0.15) is 30.8 Å². The normalized spacial score (nSPS) is 12.0. The standard InChI is InChI=1S/C12H19N3O2/c1-5-9(2)8-15(3)11-7-13-6-10(14-11)12(16)17-4/h6-7,9H,5,8H2,1-4H3. The minimum absolute atomic E-state index is 0.237. The van der Waals surface area contributed by atoms with Crippen LogP contribution in [0.15, 0.2) is 12.4 Å². The van der Waals surface area contributed by atoms with E-state index in [1.807, 2.05) is 11.9 Å². The van der Waals surface area contributed by atoms with E-state index in [-0.39, 0.29) is 5.69 Å². The fourth-order valence-corrected chi connectivity index (χ4v) is 1.43.